The molecule has 0 unspecified atom stereocenters. The van der Waals surface area contributed by atoms with Crippen molar-refractivity contribution in [1.82, 2.24) is 0 Å². The van der Waals surface area contributed by atoms with Gasteiger partial charge >= 0.3 is 129 Å². The molecule has 336 valence electrons. The van der Waals surface area contributed by atoms with E-state index >= 15 is 0 Å². The molecule has 2 nitrogen and oxygen atoms in total. The van der Waals surface area contributed by atoms with Gasteiger partial charge in [-0.25, -0.2) is 0 Å². The van der Waals surface area contributed by atoms with E-state index in [0.29, 0.717) is 0 Å². The summed E-state index contributed by atoms with van der Waals surface area (Å²) in [7, 11) is 0. The fourth-order valence-corrected chi connectivity index (χ4v) is 8.98. The monoisotopic (exact) mass is 851 g/mol. The van der Waals surface area contributed by atoms with E-state index < -0.39 is 0 Å². The minimum absolute atomic E-state index is 1.01. The Morgan fingerprint density at radius 2 is 1.03 bits per heavy atom. The van der Waals surface area contributed by atoms with Crippen molar-refractivity contribution in [3.8, 4) is 0 Å². The number of nitrogens with zero attached hydrogens (tertiary/aromatic N) is 2. The average molecular weight is 852 g/mol. The number of benzene rings is 2. The van der Waals surface area contributed by atoms with Gasteiger partial charge in [0.1, 0.15) is 0 Å². The van der Waals surface area contributed by atoms with Gasteiger partial charge in [0.05, 0.1) is 6.08 Å². The van der Waals surface area contributed by atoms with Crippen molar-refractivity contribution < 1.29 is 19.2 Å². The van der Waals surface area contributed by atoms with Gasteiger partial charge in [0.25, 0.3) is 5.87 Å². The van der Waals surface area contributed by atoms with Gasteiger partial charge in [0.2, 0.25) is 0 Å². The summed E-state index contributed by atoms with van der Waals surface area (Å²) in [6.45, 7) is 11.2. The second-order valence-corrected chi connectivity index (χ2v) is 18.4. The predicted molar refractivity (Wildman–Crippen MR) is 261 cm³/mol. The van der Waals surface area contributed by atoms with Gasteiger partial charge < -0.3 is 5.53 Å². The summed E-state index contributed by atoms with van der Waals surface area (Å²) in [5.41, 5.74) is 16.4. The molecule has 0 fully saturated rings. The first kappa shape index (κ1) is 54.6. The minimum atomic E-state index is 1.01. The molecule has 0 aliphatic carbocycles. The van der Waals surface area contributed by atoms with Crippen LogP contribution in [-0.2, 0) is 27.3 Å². The zero-order valence-corrected chi connectivity index (χ0v) is 40.4. The molecule has 0 saturated heterocycles. The molecule has 0 saturated carbocycles. The van der Waals surface area contributed by atoms with Gasteiger partial charge in [-0.05, 0) is 78.8 Å². The van der Waals surface area contributed by atoms with Gasteiger partial charge in [-0.3, -0.25) is 0 Å². The third kappa shape index (κ3) is 31.1. The van der Waals surface area contributed by atoms with Crippen LogP contribution in [0.15, 0.2) is 72.3 Å². The van der Waals surface area contributed by atoms with Crippen LogP contribution in [0.4, 0.5) is 0 Å². The van der Waals surface area contributed by atoms with Crippen LogP contribution in [0.5, 0.6) is 0 Å². The summed E-state index contributed by atoms with van der Waals surface area (Å²) in [5, 5.41) is 2.85. The van der Waals surface area contributed by atoms with Crippen molar-refractivity contribution in [3.05, 3.63) is 100 Å². The van der Waals surface area contributed by atoms with E-state index in [1.165, 1.54) is 218 Å². The molecule has 3 heteroatoms. The number of aryl methyl sites for hydroxylation is 2. The summed E-state index contributed by atoms with van der Waals surface area (Å²) >= 11 is 2.01. The van der Waals surface area contributed by atoms with Gasteiger partial charge in [0.15, 0.2) is 0 Å². The zero-order chi connectivity index (χ0) is 42.7. The molecule has 2 aromatic rings. The van der Waals surface area contributed by atoms with Crippen molar-refractivity contribution in [1.29, 1.82) is 0 Å². The Morgan fingerprint density at radius 3 is 1.58 bits per heavy atom. The topological polar surface area (TPSA) is 36.4 Å². The molecule has 0 aromatic heterocycles. The third-order valence-corrected chi connectivity index (χ3v) is 12.8. The number of unbranched alkanes of at least 4 members (excludes halogenated alkanes) is 24. The number of hydrogen-bond donors (Lipinski definition) is 0. The van der Waals surface area contributed by atoms with E-state index in [9.17, 15) is 0 Å². The molecule has 0 aliphatic rings. The van der Waals surface area contributed by atoms with Crippen LogP contribution in [0.25, 0.3) is 11.1 Å². The SMILES string of the molecule is CCCCCCCCCCCCCC=CCCc1ccccc1C(=C(C)C=C=[N+]=[N-])c1cccc(CCCC)c1.CCCCCCCC[CH2][Ni][CH2]CCCCCCCC. The summed E-state index contributed by atoms with van der Waals surface area (Å²) in [6, 6.07) is 17.7. The van der Waals surface area contributed by atoms with Crippen LogP contribution < -0.4 is 0 Å². The maximum atomic E-state index is 8.99. The molecule has 0 heterocycles. The molecule has 0 spiro atoms. The van der Waals surface area contributed by atoms with Crippen LogP contribution in [-0.4, -0.2) is 10.7 Å². The van der Waals surface area contributed by atoms with E-state index in [-0.39, 0.29) is 0 Å². The second kappa shape index (κ2) is 42.3. The fourth-order valence-electron chi connectivity index (χ4n) is 7.75. The number of allylic oxidation sites excluding steroid dienone is 4. The maximum absolute atomic E-state index is 8.99. The predicted octanol–water partition coefficient (Wildman–Crippen LogP) is 18.9. The first-order valence-corrected chi connectivity index (χ1v) is 26.4. The van der Waals surface area contributed by atoms with Crippen LogP contribution in [0.3, 0.4) is 0 Å². The molecular weight excluding hydrogens is 759 g/mol. The molecule has 0 radical (unpaired) electrons. The Hall–Kier alpha value is -2.43. The molecular formula is C56H92N2Ni. The quantitative estimate of drug-likeness (QED) is 0.0124. The fraction of sp³-hybridized carbons (Fsp3) is 0.679. The Morgan fingerprint density at radius 1 is 0.542 bits per heavy atom. The summed E-state index contributed by atoms with van der Waals surface area (Å²) < 4.78 is 0. The van der Waals surface area contributed by atoms with E-state index in [0.717, 1.165) is 24.8 Å². The van der Waals surface area contributed by atoms with Gasteiger partial charge in [-0.2, -0.15) is 0 Å². The third-order valence-electron chi connectivity index (χ3n) is 11.4. The van der Waals surface area contributed by atoms with E-state index in [1.54, 1.807) is 6.08 Å². The van der Waals surface area contributed by atoms with Crippen molar-refractivity contribution in [2.75, 3.05) is 0 Å². The molecule has 0 amide bonds. The van der Waals surface area contributed by atoms with Crippen LogP contribution in [0.1, 0.15) is 243 Å². The molecule has 2 aromatic carbocycles. The normalized spacial score (nSPS) is 11.6. The van der Waals surface area contributed by atoms with E-state index in [1.807, 2.05) is 14.4 Å². The summed E-state index contributed by atoms with van der Waals surface area (Å²) in [6.07, 6.45) is 48.9. The first-order valence-electron chi connectivity index (χ1n) is 25.0. The first-order chi connectivity index (χ1) is 29.1. The molecule has 0 N–H and O–H groups in total. The summed E-state index contributed by atoms with van der Waals surface area (Å²) in [4.78, 5) is 3.10. The van der Waals surface area contributed by atoms with Crippen LogP contribution in [0, 0.1) is 0 Å². The zero-order valence-electron chi connectivity index (χ0n) is 39.4. The van der Waals surface area contributed by atoms with Crippen LogP contribution in [0.2, 0.25) is 10.8 Å². The summed E-state index contributed by atoms with van der Waals surface area (Å²) in [5.74, 6) is 2.62. The molecule has 59 heavy (non-hydrogen) atoms. The van der Waals surface area contributed by atoms with Crippen molar-refractivity contribution >= 4 is 11.4 Å². The number of hydrogen-bond acceptors (Lipinski definition) is 0. The molecule has 0 atom stereocenters. The molecule has 0 bridgehead atoms. The standard InChI is InChI=1S/C38H54N2.2C9H19.Ni/c1-4-6-8-9-10-11-12-13-14-15-16-17-18-19-20-26-35-27-21-22-29-37(35)38(33(3)30-31-40-39)36-28-23-25-34(32-36)24-7-5-2;2*1-3-5-7-9-8-6-4-2;/h18-19,21-23,25,27-30,32H,4-17,20,24,26H2,1-3H3;2*1,3-9H2,2H3;. The van der Waals surface area contributed by atoms with Crippen LogP contribution >= 0.6 is 0 Å². The Kier molecular flexibility index (Phi) is 39.1. The second-order valence-electron chi connectivity index (χ2n) is 16.9. The van der Waals surface area contributed by atoms with Crippen molar-refractivity contribution in [3.63, 3.8) is 0 Å². The Bertz CT molecular complexity index is 1380. The molecule has 2 rings (SSSR count). The average Bonchev–Trinajstić information content (AvgIpc) is 3.26. The molecule has 0 aliphatic heterocycles. The Labute approximate surface area is 373 Å². The van der Waals surface area contributed by atoms with Gasteiger partial charge in [-0.1, -0.05) is 145 Å². The van der Waals surface area contributed by atoms with Gasteiger partial charge in [-0.15, -0.1) is 4.79 Å². The van der Waals surface area contributed by atoms with E-state index in [2.05, 4.69) is 106 Å². The van der Waals surface area contributed by atoms with Gasteiger partial charge in [0, 0.05) is 0 Å². The van der Waals surface area contributed by atoms with E-state index in [4.69, 9.17) is 5.53 Å². The van der Waals surface area contributed by atoms with Crippen molar-refractivity contribution in [2.24, 2.45) is 0 Å². The Balaban J connectivity index is 0.000000769. The van der Waals surface area contributed by atoms with Crippen molar-refractivity contribution in [2.45, 2.75) is 244 Å². The number of rotatable bonds is 37.